The third-order valence-electron chi connectivity index (χ3n) is 4.85. The molecule has 0 bridgehead atoms. The van der Waals surface area contributed by atoms with Gasteiger partial charge in [-0.2, -0.15) is 0 Å². The average molecular weight is 446 g/mol. The lowest BCUT2D eigenvalue weighted by atomic mass is 10.0. The number of amides is 2. The molecular weight excluding hydrogens is 425 g/mol. The number of nitrogens with zero attached hydrogens (tertiary/aromatic N) is 2. The fraction of sp³-hybridized carbons (Fsp3) is 0.217. The molecule has 1 atom stereocenters. The van der Waals surface area contributed by atoms with Crippen molar-refractivity contribution in [1.82, 2.24) is 9.80 Å². The number of carbonyl (C=O) groups excluding carboxylic acids is 2. The van der Waals surface area contributed by atoms with Crippen molar-refractivity contribution in [2.75, 3.05) is 6.54 Å². The quantitative estimate of drug-likeness (QED) is 0.665. The highest BCUT2D eigenvalue weighted by molar-refractivity contribution is 5.94. The molecular formula is C23H21F3N2O4. The number of allylic oxidation sites excluding steroid dienone is 2. The van der Waals surface area contributed by atoms with Gasteiger partial charge in [-0.1, -0.05) is 25.3 Å². The molecule has 0 N–H and O–H groups in total. The largest absolute Gasteiger partial charge is 0.573 e. The van der Waals surface area contributed by atoms with Crippen LogP contribution in [0.3, 0.4) is 0 Å². The average Bonchev–Trinajstić information content (AvgIpc) is 3.23. The first-order chi connectivity index (χ1) is 15.0. The van der Waals surface area contributed by atoms with Crippen LogP contribution in [-0.2, 0) is 4.79 Å². The van der Waals surface area contributed by atoms with Gasteiger partial charge >= 0.3 is 6.36 Å². The van der Waals surface area contributed by atoms with Crippen LogP contribution in [0, 0.1) is 0 Å². The van der Waals surface area contributed by atoms with E-state index in [1.807, 2.05) is 0 Å². The number of alkyl halides is 3. The Morgan fingerprint density at radius 1 is 1.22 bits per heavy atom. The van der Waals surface area contributed by atoms with Crippen molar-refractivity contribution in [3.8, 4) is 5.75 Å². The summed E-state index contributed by atoms with van der Waals surface area (Å²) in [5, 5.41) is 0. The predicted molar refractivity (Wildman–Crippen MR) is 111 cm³/mol. The number of carbonyl (C=O) groups is 2. The Morgan fingerprint density at radius 2 is 1.88 bits per heavy atom. The first-order valence-electron chi connectivity index (χ1n) is 9.59. The summed E-state index contributed by atoms with van der Waals surface area (Å²) < 4.78 is 46.3. The molecule has 1 aliphatic heterocycles. The van der Waals surface area contributed by atoms with E-state index in [0.29, 0.717) is 22.5 Å². The van der Waals surface area contributed by atoms with Gasteiger partial charge in [0.25, 0.3) is 5.91 Å². The summed E-state index contributed by atoms with van der Waals surface area (Å²) in [5.74, 6) is -0.904. The number of ether oxygens (including phenoxy) is 1. The molecule has 168 valence electrons. The maximum Gasteiger partial charge on any atom is 0.573 e. The molecule has 1 saturated heterocycles. The maximum absolute atomic E-state index is 13.0. The molecule has 9 heteroatoms. The van der Waals surface area contributed by atoms with Crippen LogP contribution >= 0.6 is 0 Å². The summed E-state index contributed by atoms with van der Waals surface area (Å²) in [6.45, 7) is 11.3. The van der Waals surface area contributed by atoms with Crippen LogP contribution in [-0.4, -0.2) is 40.6 Å². The number of piperazine rings is 1. The highest BCUT2D eigenvalue weighted by Gasteiger charge is 2.36. The van der Waals surface area contributed by atoms with E-state index in [1.165, 1.54) is 41.2 Å². The van der Waals surface area contributed by atoms with E-state index < -0.39 is 12.3 Å². The number of furan rings is 1. The normalized spacial score (nSPS) is 18.1. The molecule has 1 aromatic carbocycles. The van der Waals surface area contributed by atoms with Crippen molar-refractivity contribution in [2.45, 2.75) is 26.3 Å². The van der Waals surface area contributed by atoms with Crippen LogP contribution in [0.5, 0.6) is 5.75 Å². The fourth-order valence-electron chi connectivity index (χ4n) is 3.50. The van der Waals surface area contributed by atoms with Crippen molar-refractivity contribution in [1.29, 1.82) is 0 Å². The zero-order chi connectivity index (χ0) is 23.6. The van der Waals surface area contributed by atoms with E-state index in [1.54, 1.807) is 19.1 Å². The van der Waals surface area contributed by atoms with Gasteiger partial charge in [0.1, 0.15) is 5.75 Å². The highest BCUT2D eigenvalue weighted by atomic mass is 19.4. The molecule has 1 fully saturated rings. The number of rotatable bonds is 4. The van der Waals surface area contributed by atoms with E-state index in [0.717, 1.165) is 12.1 Å². The summed E-state index contributed by atoms with van der Waals surface area (Å²) in [6.07, 6.45) is -1.85. The van der Waals surface area contributed by atoms with Gasteiger partial charge in [0.15, 0.2) is 5.76 Å². The molecule has 0 saturated carbocycles. The molecule has 1 aliphatic rings. The number of hydrogen-bond acceptors (Lipinski definition) is 4. The van der Waals surface area contributed by atoms with Crippen molar-refractivity contribution < 1.29 is 31.9 Å². The Balaban J connectivity index is 1.95. The highest BCUT2D eigenvalue weighted by Crippen LogP contribution is 2.32. The topological polar surface area (TPSA) is 63.0 Å². The molecule has 1 unspecified atom stereocenters. The van der Waals surface area contributed by atoms with E-state index in [-0.39, 0.29) is 30.0 Å². The number of benzene rings is 1. The van der Waals surface area contributed by atoms with Crippen molar-refractivity contribution in [3.63, 3.8) is 0 Å². The SMILES string of the molecule is C=C(/C=C1\C(=C)N(C(C)=O)C(C)CN1C(=O)c1ccco1)c1ccc(OC(F)(F)F)cc1. The van der Waals surface area contributed by atoms with Gasteiger partial charge in [0.05, 0.1) is 23.7 Å². The van der Waals surface area contributed by atoms with Crippen LogP contribution < -0.4 is 4.74 Å². The molecule has 0 radical (unpaired) electrons. The van der Waals surface area contributed by atoms with Crippen LogP contribution in [0.2, 0.25) is 0 Å². The maximum atomic E-state index is 13.0. The molecule has 0 aliphatic carbocycles. The zero-order valence-electron chi connectivity index (χ0n) is 17.5. The van der Waals surface area contributed by atoms with Gasteiger partial charge in [-0.05, 0) is 48.4 Å². The fourth-order valence-corrected chi connectivity index (χ4v) is 3.50. The lowest BCUT2D eigenvalue weighted by molar-refractivity contribution is -0.274. The van der Waals surface area contributed by atoms with Gasteiger partial charge in [-0.3, -0.25) is 9.59 Å². The molecule has 2 aromatic rings. The minimum atomic E-state index is -4.79. The van der Waals surface area contributed by atoms with Crippen LogP contribution in [0.4, 0.5) is 13.2 Å². The third-order valence-corrected chi connectivity index (χ3v) is 4.85. The molecule has 0 spiro atoms. The van der Waals surface area contributed by atoms with Gasteiger partial charge < -0.3 is 19.0 Å². The zero-order valence-corrected chi connectivity index (χ0v) is 17.5. The van der Waals surface area contributed by atoms with Crippen LogP contribution in [0.25, 0.3) is 5.57 Å². The smallest absolute Gasteiger partial charge is 0.459 e. The summed E-state index contributed by atoms with van der Waals surface area (Å²) >= 11 is 0. The van der Waals surface area contributed by atoms with Gasteiger partial charge in [-0.15, -0.1) is 13.2 Å². The molecule has 2 heterocycles. The Morgan fingerprint density at radius 3 is 2.41 bits per heavy atom. The molecule has 1 aromatic heterocycles. The lowest BCUT2D eigenvalue weighted by Crippen LogP contribution is -2.52. The minimum Gasteiger partial charge on any atom is -0.459 e. The monoisotopic (exact) mass is 446 g/mol. The second-order valence-corrected chi connectivity index (χ2v) is 7.20. The van der Waals surface area contributed by atoms with E-state index >= 15 is 0 Å². The lowest BCUT2D eigenvalue weighted by Gasteiger charge is -2.42. The Kier molecular flexibility index (Phi) is 6.29. The molecule has 2 amide bonds. The second-order valence-electron chi connectivity index (χ2n) is 7.20. The summed E-state index contributed by atoms with van der Waals surface area (Å²) in [7, 11) is 0. The molecule has 6 nitrogen and oxygen atoms in total. The first kappa shape index (κ1) is 22.9. The van der Waals surface area contributed by atoms with E-state index in [9.17, 15) is 22.8 Å². The van der Waals surface area contributed by atoms with Crippen LogP contribution in [0.15, 0.2) is 77.7 Å². The summed E-state index contributed by atoms with van der Waals surface area (Å²) in [6, 6.07) is 7.94. The number of halogens is 3. The predicted octanol–water partition coefficient (Wildman–Crippen LogP) is 4.98. The van der Waals surface area contributed by atoms with Gasteiger partial charge in [-0.25, -0.2) is 0 Å². The third kappa shape index (κ3) is 4.93. The summed E-state index contributed by atoms with van der Waals surface area (Å²) in [4.78, 5) is 28.1. The van der Waals surface area contributed by atoms with Gasteiger partial charge in [0.2, 0.25) is 5.91 Å². The van der Waals surface area contributed by atoms with Crippen LogP contribution in [0.1, 0.15) is 30.0 Å². The molecule has 32 heavy (non-hydrogen) atoms. The standard InChI is InChI=1S/C23H21F3N2O4/c1-14(18-7-9-19(10-8-18)32-23(24,25)26)12-20-16(3)28(17(4)29)15(2)13-27(20)22(30)21-6-5-11-31-21/h5-12,15H,1,3,13H2,2,4H3/b20-12+. The Bertz CT molecular complexity index is 1070. The van der Waals surface area contributed by atoms with Gasteiger partial charge in [0, 0.05) is 13.5 Å². The molecule has 3 rings (SSSR count). The first-order valence-corrected chi connectivity index (χ1v) is 9.59. The van der Waals surface area contributed by atoms with Crippen molar-refractivity contribution >= 4 is 17.4 Å². The van der Waals surface area contributed by atoms with Crippen molar-refractivity contribution in [2.24, 2.45) is 0 Å². The van der Waals surface area contributed by atoms with E-state index in [4.69, 9.17) is 4.42 Å². The summed E-state index contributed by atoms with van der Waals surface area (Å²) in [5.41, 5.74) is 1.53. The Labute approximate surface area is 182 Å². The second kappa shape index (κ2) is 8.78. The minimum absolute atomic E-state index is 0.117. The number of hydrogen-bond donors (Lipinski definition) is 0. The van der Waals surface area contributed by atoms with E-state index in [2.05, 4.69) is 17.9 Å². The van der Waals surface area contributed by atoms with Crippen molar-refractivity contribution in [3.05, 3.63) is 84.6 Å². The Hall–Kier alpha value is -3.75.